The first-order valence-electron chi connectivity index (χ1n) is 10.4. The van der Waals surface area contributed by atoms with Crippen molar-refractivity contribution in [1.82, 2.24) is 5.32 Å². The van der Waals surface area contributed by atoms with Gasteiger partial charge in [-0.2, -0.15) is 31.6 Å². The number of methoxy groups -OCH3 is 1. The van der Waals surface area contributed by atoms with E-state index in [0.717, 1.165) is 12.1 Å². The fourth-order valence-electron chi connectivity index (χ4n) is 3.76. The van der Waals surface area contributed by atoms with Crippen LogP contribution in [0, 0.1) is 11.3 Å². The molecule has 1 aliphatic rings. The molecule has 2 aromatic rings. The number of nitriles is 1. The number of alkyl halides is 6. The van der Waals surface area contributed by atoms with Gasteiger partial charge in [-0.15, -0.1) is 0 Å². The number of amides is 1. The summed E-state index contributed by atoms with van der Waals surface area (Å²) in [4.78, 5) is 12.7. The first-order valence-corrected chi connectivity index (χ1v) is 10.4. The number of rotatable bonds is 7. The van der Waals surface area contributed by atoms with Crippen molar-refractivity contribution in [2.75, 3.05) is 13.7 Å². The van der Waals surface area contributed by atoms with Gasteiger partial charge < -0.3 is 14.8 Å². The van der Waals surface area contributed by atoms with Crippen molar-refractivity contribution in [1.29, 1.82) is 5.26 Å². The second kappa shape index (κ2) is 9.90. The topological polar surface area (TPSA) is 71.3 Å². The van der Waals surface area contributed by atoms with Crippen LogP contribution in [-0.4, -0.2) is 32.0 Å². The third kappa shape index (κ3) is 5.70. The van der Waals surface area contributed by atoms with Gasteiger partial charge in [0.15, 0.2) is 5.54 Å². The van der Waals surface area contributed by atoms with Crippen LogP contribution in [0.2, 0.25) is 0 Å². The summed E-state index contributed by atoms with van der Waals surface area (Å²) in [6, 6.07) is 12.2. The molecule has 11 heteroatoms. The molecule has 0 fully saturated rings. The van der Waals surface area contributed by atoms with Gasteiger partial charge in [0.05, 0.1) is 13.7 Å². The summed E-state index contributed by atoms with van der Waals surface area (Å²) in [5, 5.41) is 11.4. The van der Waals surface area contributed by atoms with Crippen molar-refractivity contribution < 1.29 is 40.6 Å². The zero-order chi connectivity index (χ0) is 25.9. The van der Waals surface area contributed by atoms with Gasteiger partial charge in [0, 0.05) is 12.8 Å². The predicted octanol–water partition coefficient (Wildman–Crippen LogP) is 5.67. The molecule has 0 bridgehead atoms. The number of carbonyl (C=O) groups excluding carboxylic acids is 1. The van der Waals surface area contributed by atoms with Gasteiger partial charge in [0.25, 0.3) is 5.91 Å². The van der Waals surface area contributed by atoms with E-state index < -0.39 is 42.2 Å². The average molecular weight is 498 g/mol. The fraction of sp³-hybridized carbons (Fsp3) is 0.333. The molecule has 1 N–H and O–H groups in total. The van der Waals surface area contributed by atoms with Crippen molar-refractivity contribution in [2.24, 2.45) is 0 Å². The Morgan fingerprint density at radius 3 is 2.11 bits per heavy atom. The molecule has 1 heterocycles. The van der Waals surface area contributed by atoms with Gasteiger partial charge in [-0.25, -0.2) is 0 Å². The summed E-state index contributed by atoms with van der Waals surface area (Å²) in [6.45, 7) is -0.268. The van der Waals surface area contributed by atoms with Gasteiger partial charge >= 0.3 is 12.4 Å². The number of hydrogen-bond acceptors (Lipinski definition) is 4. The van der Waals surface area contributed by atoms with Crippen molar-refractivity contribution >= 4 is 11.5 Å². The Balaban J connectivity index is 1.94. The Hall–Kier alpha value is -3.68. The van der Waals surface area contributed by atoms with E-state index in [0.29, 0.717) is 5.75 Å². The van der Waals surface area contributed by atoms with E-state index in [9.17, 15) is 36.4 Å². The lowest BCUT2D eigenvalue weighted by Gasteiger charge is -2.40. The number of benzene rings is 2. The fourth-order valence-corrected chi connectivity index (χ4v) is 3.76. The van der Waals surface area contributed by atoms with E-state index in [2.05, 4.69) is 0 Å². The van der Waals surface area contributed by atoms with Gasteiger partial charge in [0.2, 0.25) is 0 Å². The Morgan fingerprint density at radius 2 is 1.60 bits per heavy atom. The molecule has 1 atom stereocenters. The second-order valence-electron chi connectivity index (χ2n) is 7.82. The standard InChI is InChI=1S/C24H20F6N2O3/c1-34-17-7-3-15(4-8-17)19-13-22(24(28,29)30,32-21(33)20(19)14-31)16-5-9-18(10-6-16)35-12-2-11-23(25,26)27/h3-10H,2,11-13H2,1H3,(H,32,33). The smallest absolute Gasteiger partial charge is 0.416 e. The Kier molecular flexibility index (Phi) is 7.33. The van der Waals surface area contributed by atoms with E-state index in [-0.39, 0.29) is 35.5 Å². The molecule has 186 valence electrons. The summed E-state index contributed by atoms with van der Waals surface area (Å²) in [5.41, 5.74) is -3.41. The molecule has 3 rings (SSSR count). The molecule has 1 aliphatic heterocycles. The lowest BCUT2D eigenvalue weighted by atomic mass is 9.76. The Bertz CT molecular complexity index is 1130. The minimum absolute atomic E-state index is 0.0799. The molecular weight excluding hydrogens is 478 g/mol. The van der Waals surface area contributed by atoms with Crippen LogP contribution < -0.4 is 14.8 Å². The van der Waals surface area contributed by atoms with Crippen LogP contribution in [-0.2, 0) is 10.3 Å². The minimum Gasteiger partial charge on any atom is -0.497 e. The van der Waals surface area contributed by atoms with E-state index in [1.807, 2.05) is 5.32 Å². The van der Waals surface area contributed by atoms with E-state index in [1.165, 1.54) is 43.5 Å². The predicted molar refractivity (Wildman–Crippen MR) is 113 cm³/mol. The lowest BCUT2D eigenvalue weighted by Crippen LogP contribution is -2.58. The van der Waals surface area contributed by atoms with Crippen LogP contribution in [0.4, 0.5) is 26.3 Å². The molecule has 2 aromatic carbocycles. The monoisotopic (exact) mass is 498 g/mol. The van der Waals surface area contributed by atoms with Crippen LogP contribution in [0.15, 0.2) is 54.1 Å². The quantitative estimate of drug-likeness (QED) is 0.395. The zero-order valence-corrected chi connectivity index (χ0v) is 18.4. The summed E-state index contributed by atoms with van der Waals surface area (Å²) < 4.78 is 90.4. The van der Waals surface area contributed by atoms with Crippen LogP contribution in [0.25, 0.3) is 5.57 Å². The largest absolute Gasteiger partial charge is 0.497 e. The maximum Gasteiger partial charge on any atom is 0.416 e. The molecule has 0 aliphatic carbocycles. The first-order chi connectivity index (χ1) is 16.4. The molecule has 0 spiro atoms. The van der Waals surface area contributed by atoms with Crippen molar-refractivity contribution in [3.8, 4) is 17.6 Å². The molecule has 1 unspecified atom stereocenters. The SMILES string of the molecule is COc1ccc(C2=C(C#N)C(=O)NC(c3ccc(OCCCC(F)(F)F)cc3)(C(F)(F)F)C2)cc1. The van der Waals surface area contributed by atoms with Crippen molar-refractivity contribution in [3.63, 3.8) is 0 Å². The van der Waals surface area contributed by atoms with Crippen LogP contribution in [0.5, 0.6) is 11.5 Å². The number of nitrogens with one attached hydrogen (secondary N) is 1. The third-order valence-corrected chi connectivity index (χ3v) is 5.55. The van der Waals surface area contributed by atoms with Crippen LogP contribution >= 0.6 is 0 Å². The van der Waals surface area contributed by atoms with Gasteiger partial charge in [-0.1, -0.05) is 24.3 Å². The normalized spacial score (nSPS) is 18.6. The van der Waals surface area contributed by atoms with Crippen molar-refractivity contribution in [3.05, 3.63) is 65.2 Å². The zero-order valence-electron chi connectivity index (χ0n) is 18.4. The number of nitrogens with zero attached hydrogens (tertiary/aromatic N) is 1. The maximum atomic E-state index is 14.5. The van der Waals surface area contributed by atoms with Crippen LogP contribution in [0.1, 0.15) is 30.4 Å². The van der Waals surface area contributed by atoms with Gasteiger partial charge in [0.1, 0.15) is 23.1 Å². The van der Waals surface area contributed by atoms with E-state index in [1.54, 1.807) is 6.07 Å². The molecule has 1 amide bonds. The first kappa shape index (κ1) is 25.9. The number of hydrogen-bond donors (Lipinski definition) is 1. The second-order valence-corrected chi connectivity index (χ2v) is 7.82. The van der Waals surface area contributed by atoms with Crippen molar-refractivity contribution in [2.45, 2.75) is 37.2 Å². The molecular formula is C24H20F6N2O3. The number of ether oxygens (including phenoxy) is 2. The number of halogens is 6. The molecule has 0 saturated heterocycles. The number of carbonyl (C=O) groups is 1. The highest BCUT2D eigenvalue weighted by molar-refractivity contribution is 6.07. The maximum absolute atomic E-state index is 14.5. The Morgan fingerprint density at radius 1 is 1.00 bits per heavy atom. The third-order valence-electron chi connectivity index (χ3n) is 5.55. The molecule has 0 radical (unpaired) electrons. The van der Waals surface area contributed by atoms with Gasteiger partial charge in [-0.05, 0) is 47.4 Å². The molecule has 35 heavy (non-hydrogen) atoms. The van der Waals surface area contributed by atoms with Gasteiger partial charge in [-0.3, -0.25) is 4.79 Å². The summed E-state index contributed by atoms with van der Waals surface area (Å²) >= 11 is 0. The molecule has 5 nitrogen and oxygen atoms in total. The van der Waals surface area contributed by atoms with Crippen LogP contribution in [0.3, 0.4) is 0 Å². The molecule has 0 aromatic heterocycles. The summed E-state index contributed by atoms with van der Waals surface area (Å²) in [7, 11) is 1.42. The summed E-state index contributed by atoms with van der Waals surface area (Å²) in [6.07, 6.45) is -11.4. The summed E-state index contributed by atoms with van der Waals surface area (Å²) in [5.74, 6) is -0.644. The highest BCUT2D eigenvalue weighted by atomic mass is 19.4. The molecule has 0 saturated carbocycles. The Labute approximate surface area is 196 Å². The highest BCUT2D eigenvalue weighted by Gasteiger charge is 2.59. The lowest BCUT2D eigenvalue weighted by molar-refractivity contribution is -0.201. The minimum atomic E-state index is -4.95. The van der Waals surface area contributed by atoms with E-state index in [4.69, 9.17) is 9.47 Å². The average Bonchev–Trinajstić information content (AvgIpc) is 2.80. The highest BCUT2D eigenvalue weighted by Crippen LogP contribution is 2.48. The van der Waals surface area contributed by atoms with E-state index >= 15 is 0 Å².